The first-order valence-corrected chi connectivity index (χ1v) is 10.6. The molecule has 0 saturated carbocycles. The average Bonchev–Trinajstić information content (AvgIpc) is 2.84. The number of carbonyl (C=O) groups is 2. The Hall–Kier alpha value is -4.26. The number of amides is 2. The zero-order chi connectivity index (χ0) is 23.2. The molecule has 4 aromatic rings. The minimum atomic E-state index is -0.780. The molecule has 0 aliphatic rings. The molecule has 0 aliphatic heterocycles. The maximum Gasteiger partial charge on any atom is 0.258 e. The highest BCUT2D eigenvalue weighted by atomic mass is 16.2. The normalized spacial score (nSPS) is 11.7. The number of hydrogen-bond donors (Lipinski definition) is 2. The van der Waals surface area contributed by atoms with Crippen molar-refractivity contribution in [3.63, 3.8) is 0 Å². The molecule has 0 spiro atoms. The van der Waals surface area contributed by atoms with Crippen LogP contribution < -0.4 is 10.9 Å². The molecule has 0 bridgehead atoms. The second-order valence-electron chi connectivity index (χ2n) is 7.81. The first-order chi connectivity index (χ1) is 16.0. The Bertz CT molecular complexity index is 1320. The molecule has 0 fully saturated rings. The molecule has 7 nitrogen and oxygen atoms in total. The van der Waals surface area contributed by atoms with Crippen LogP contribution in [0.4, 0.5) is 0 Å². The highest BCUT2D eigenvalue weighted by Gasteiger charge is 2.25. The lowest BCUT2D eigenvalue weighted by molar-refractivity contribution is -0.132. The number of nitrogens with one attached hydrogen (secondary N) is 2. The van der Waals surface area contributed by atoms with Crippen LogP contribution in [0.2, 0.25) is 0 Å². The Morgan fingerprint density at radius 3 is 2.30 bits per heavy atom. The van der Waals surface area contributed by atoms with Crippen LogP contribution in [0.5, 0.6) is 0 Å². The second kappa shape index (κ2) is 9.91. The van der Waals surface area contributed by atoms with Crippen molar-refractivity contribution in [1.82, 2.24) is 20.2 Å². The van der Waals surface area contributed by atoms with Gasteiger partial charge in [-0.1, -0.05) is 60.7 Å². The van der Waals surface area contributed by atoms with E-state index in [0.717, 1.165) is 5.56 Å². The van der Waals surface area contributed by atoms with E-state index in [0.29, 0.717) is 28.7 Å². The summed E-state index contributed by atoms with van der Waals surface area (Å²) in [5.74, 6) is -0.225. The third kappa shape index (κ3) is 5.33. The third-order valence-corrected chi connectivity index (χ3v) is 5.35. The largest absolute Gasteiger partial charge is 0.340 e. The number of likely N-dealkylation sites (N-methyl/N-ethyl adjacent to an activating group) is 1. The summed E-state index contributed by atoms with van der Waals surface area (Å²) in [4.78, 5) is 47.2. The summed E-state index contributed by atoms with van der Waals surface area (Å²) in [6.45, 7) is 0.103. The van der Waals surface area contributed by atoms with E-state index in [1.807, 2.05) is 42.5 Å². The molecule has 0 saturated heterocycles. The van der Waals surface area contributed by atoms with E-state index < -0.39 is 6.04 Å². The van der Waals surface area contributed by atoms with E-state index in [1.165, 1.54) is 4.90 Å². The third-order valence-electron chi connectivity index (χ3n) is 5.35. The van der Waals surface area contributed by atoms with Crippen molar-refractivity contribution in [1.29, 1.82) is 0 Å². The molecule has 1 aromatic heterocycles. The molecule has 7 heteroatoms. The molecule has 166 valence electrons. The van der Waals surface area contributed by atoms with Gasteiger partial charge in [-0.15, -0.1) is 0 Å². The molecule has 1 atom stereocenters. The molecule has 2 N–H and O–H groups in total. The zero-order valence-electron chi connectivity index (χ0n) is 18.2. The van der Waals surface area contributed by atoms with Gasteiger partial charge in [0.1, 0.15) is 11.9 Å². The Balaban J connectivity index is 1.55. The quantitative estimate of drug-likeness (QED) is 0.462. The van der Waals surface area contributed by atoms with Crippen LogP contribution in [0.1, 0.15) is 21.7 Å². The number of aromatic nitrogens is 2. The molecule has 4 rings (SSSR count). The van der Waals surface area contributed by atoms with Crippen LogP contribution in [-0.2, 0) is 17.8 Å². The molecular weight excluding hydrogens is 416 g/mol. The summed E-state index contributed by atoms with van der Waals surface area (Å²) in [6, 6.07) is 24.6. The maximum absolute atomic E-state index is 13.4. The van der Waals surface area contributed by atoms with Crippen LogP contribution in [0.25, 0.3) is 10.9 Å². The number of para-hydroxylation sites is 1. The number of nitrogens with zero attached hydrogens (tertiary/aromatic N) is 2. The predicted octanol–water partition coefficient (Wildman–Crippen LogP) is 2.92. The van der Waals surface area contributed by atoms with Gasteiger partial charge in [0, 0.05) is 19.0 Å². The Labute approximate surface area is 191 Å². The van der Waals surface area contributed by atoms with E-state index in [4.69, 9.17) is 0 Å². The van der Waals surface area contributed by atoms with Gasteiger partial charge in [-0.2, -0.15) is 0 Å². The predicted molar refractivity (Wildman–Crippen MR) is 127 cm³/mol. The van der Waals surface area contributed by atoms with Crippen LogP contribution >= 0.6 is 0 Å². The topological polar surface area (TPSA) is 95.2 Å². The summed E-state index contributed by atoms with van der Waals surface area (Å²) >= 11 is 0. The van der Waals surface area contributed by atoms with Crippen molar-refractivity contribution in [3.05, 3.63) is 112 Å². The standard InChI is InChI=1S/C26H24N4O3/c1-30(17-23-27-21-15-9-8-14-20(21)25(32)29-23)26(33)22(16-18-10-4-2-5-11-18)28-24(31)19-12-6-3-7-13-19/h2-15,22H,16-17H2,1H3,(H,28,31)(H,27,29,32). The lowest BCUT2D eigenvalue weighted by Gasteiger charge is -2.24. The van der Waals surface area contributed by atoms with Crippen molar-refractivity contribution in [3.8, 4) is 0 Å². The van der Waals surface area contributed by atoms with Gasteiger partial charge >= 0.3 is 0 Å². The van der Waals surface area contributed by atoms with Crippen LogP contribution in [-0.4, -0.2) is 39.8 Å². The Morgan fingerprint density at radius 1 is 0.939 bits per heavy atom. The number of hydrogen-bond acceptors (Lipinski definition) is 4. The van der Waals surface area contributed by atoms with Crippen LogP contribution in [0, 0.1) is 0 Å². The van der Waals surface area contributed by atoms with Gasteiger partial charge in [0.05, 0.1) is 17.4 Å². The number of H-pyrrole nitrogens is 1. The van der Waals surface area contributed by atoms with Gasteiger partial charge in [-0.3, -0.25) is 14.4 Å². The molecule has 1 unspecified atom stereocenters. The van der Waals surface area contributed by atoms with E-state index in [-0.39, 0.29) is 23.9 Å². The maximum atomic E-state index is 13.4. The minimum Gasteiger partial charge on any atom is -0.340 e. The zero-order valence-corrected chi connectivity index (χ0v) is 18.2. The summed E-state index contributed by atoms with van der Waals surface area (Å²) < 4.78 is 0. The highest BCUT2D eigenvalue weighted by molar-refractivity contribution is 5.97. The van der Waals surface area contributed by atoms with E-state index in [1.54, 1.807) is 49.5 Å². The number of carbonyl (C=O) groups excluding carboxylic acids is 2. The van der Waals surface area contributed by atoms with Gasteiger partial charge in [-0.25, -0.2) is 4.98 Å². The average molecular weight is 441 g/mol. The van der Waals surface area contributed by atoms with E-state index >= 15 is 0 Å². The smallest absolute Gasteiger partial charge is 0.258 e. The molecule has 3 aromatic carbocycles. The Morgan fingerprint density at radius 2 is 1.58 bits per heavy atom. The Kier molecular flexibility index (Phi) is 6.59. The van der Waals surface area contributed by atoms with Crippen molar-refractivity contribution < 1.29 is 9.59 Å². The minimum absolute atomic E-state index is 0.103. The first-order valence-electron chi connectivity index (χ1n) is 10.6. The van der Waals surface area contributed by atoms with Gasteiger partial charge in [0.25, 0.3) is 11.5 Å². The van der Waals surface area contributed by atoms with Crippen molar-refractivity contribution in [2.24, 2.45) is 0 Å². The van der Waals surface area contributed by atoms with Crippen molar-refractivity contribution in [2.75, 3.05) is 7.05 Å². The summed E-state index contributed by atoms with van der Waals surface area (Å²) in [7, 11) is 1.63. The van der Waals surface area contributed by atoms with Crippen LogP contribution in [0.15, 0.2) is 89.7 Å². The van der Waals surface area contributed by atoms with Gasteiger partial charge in [0.15, 0.2) is 0 Å². The highest BCUT2D eigenvalue weighted by Crippen LogP contribution is 2.10. The molecule has 2 amide bonds. The lowest BCUT2D eigenvalue weighted by Crippen LogP contribution is -2.48. The van der Waals surface area contributed by atoms with Crippen LogP contribution in [0.3, 0.4) is 0 Å². The number of fused-ring (bicyclic) bond motifs is 1. The monoisotopic (exact) mass is 440 g/mol. The van der Waals surface area contributed by atoms with E-state index in [9.17, 15) is 14.4 Å². The fourth-order valence-electron chi connectivity index (χ4n) is 3.66. The fraction of sp³-hybridized carbons (Fsp3) is 0.154. The molecule has 1 heterocycles. The molecule has 0 radical (unpaired) electrons. The number of aromatic amines is 1. The summed E-state index contributed by atoms with van der Waals surface area (Å²) in [5, 5.41) is 3.36. The summed E-state index contributed by atoms with van der Waals surface area (Å²) in [6.07, 6.45) is 0.338. The van der Waals surface area contributed by atoms with Crippen molar-refractivity contribution in [2.45, 2.75) is 19.0 Å². The van der Waals surface area contributed by atoms with Gasteiger partial charge in [-0.05, 0) is 29.8 Å². The summed E-state index contributed by atoms with van der Waals surface area (Å²) in [5.41, 5.74) is 1.71. The second-order valence-corrected chi connectivity index (χ2v) is 7.81. The molecular formula is C26H24N4O3. The van der Waals surface area contributed by atoms with E-state index in [2.05, 4.69) is 15.3 Å². The molecule has 33 heavy (non-hydrogen) atoms. The lowest BCUT2D eigenvalue weighted by atomic mass is 10.0. The van der Waals surface area contributed by atoms with Gasteiger partial charge < -0.3 is 15.2 Å². The first kappa shape index (κ1) is 22.0. The molecule has 0 aliphatic carbocycles. The SMILES string of the molecule is CN(Cc1nc2ccccc2c(=O)[nH]1)C(=O)C(Cc1ccccc1)NC(=O)c1ccccc1. The van der Waals surface area contributed by atoms with Gasteiger partial charge in [0.2, 0.25) is 5.91 Å². The fourth-order valence-corrected chi connectivity index (χ4v) is 3.66. The number of rotatable bonds is 7. The van der Waals surface area contributed by atoms with Crippen molar-refractivity contribution >= 4 is 22.7 Å². The number of benzene rings is 3.